The summed E-state index contributed by atoms with van der Waals surface area (Å²) in [6, 6.07) is 11.3. The van der Waals surface area contributed by atoms with Crippen LogP contribution in [0.2, 0.25) is 5.02 Å². The lowest BCUT2D eigenvalue weighted by Gasteiger charge is -2.11. The molecule has 0 radical (unpaired) electrons. The summed E-state index contributed by atoms with van der Waals surface area (Å²) < 4.78 is 5.70. The average Bonchev–Trinajstić information content (AvgIpc) is 2.42. The zero-order chi connectivity index (χ0) is 14.5. The maximum Gasteiger partial charge on any atom is 0.273 e. The van der Waals surface area contributed by atoms with Gasteiger partial charge in [-0.1, -0.05) is 17.7 Å². The smallest absolute Gasteiger partial charge is 0.273 e. The standard InChI is InChI=1S/C14H13ClN2O3/c1-16-9-10-7-11(15)5-6-14(10)20-13-4-2-3-12(8-13)17(18)19/h2-8,16H,9H2,1H3. The largest absolute Gasteiger partial charge is 0.457 e. The Hall–Kier alpha value is -2.11. The predicted molar refractivity (Wildman–Crippen MR) is 77.4 cm³/mol. The Bertz CT molecular complexity index is 632. The number of halogens is 1. The first kappa shape index (κ1) is 14.3. The average molecular weight is 293 g/mol. The number of nitro groups is 1. The van der Waals surface area contributed by atoms with E-state index >= 15 is 0 Å². The molecule has 0 spiro atoms. The second kappa shape index (κ2) is 6.36. The zero-order valence-corrected chi connectivity index (χ0v) is 11.6. The van der Waals surface area contributed by atoms with E-state index < -0.39 is 4.92 Å². The minimum absolute atomic E-state index is 0.00775. The monoisotopic (exact) mass is 292 g/mol. The van der Waals surface area contributed by atoms with Crippen molar-refractivity contribution in [1.29, 1.82) is 0 Å². The van der Waals surface area contributed by atoms with Gasteiger partial charge in [0.1, 0.15) is 11.5 Å². The van der Waals surface area contributed by atoms with Crippen LogP contribution in [0, 0.1) is 10.1 Å². The van der Waals surface area contributed by atoms with E-state index in [-0.39, 0.29) is 5.69 Å². The molecule has 0 bridgehead atoms. The molecule has 0 aromatic heterocycles. The van der Waals surface area contributed by atoms with Crippen molar-refractivity contribution in [3.05, 3.63) is 63.2 Å². The van der Waals surface area contributed by atoms with Crippen LogP contribution in [-0.4, -0.2) is 12.0 Å². The van der Waals surface area contributed by atoms with Crippen molar-refractivity contribution in [3.8, 4) is 11.5 Å². The topological polar surface area (TPSA) is 64.4 Å². The first-order chi connectivity index (χ1) is 9.60. The number of hydrogen-bond donors (Lipinski definition) is 1. The van der Waals surface area contributed by atoms with Gasteiger partial charge in [0.2, 0.25) is 0 Å². The summed E-state index contributed by atoms with van der Waals surface area (Å²) in [5.74, 6) is 1.03. The number of nitro benzene ring substituents is 1. The summed E-state index contributed by atoms with van der Waals surface area (Å²) in [6.07, 6.45) is 0. The Morgan fingerprint density at radius 2 is 2.10 bits per heavy atom. The molecule has 20 heavy (non-hydrogen) atoms. The SMILES string of the molecule is CNCc1cc(Cl)ccc1Oc1cccc([N+](=O)[O-])c1. The van der Waals surface area contributed by atoms with E-state index in [9.17, 15) is 10.1 Å². The molecule has 0 aliphatic heterocycles. The van der Waals surface area contributed by atoms with Crippen molar-refractivity contribution >= 4 is 17.3 Å². The fraction of sp³-hybridized carbons (Fsp3) is 0.143. The van der Waals surface area contributed by atoms with Crippen LogP contribution < -0.4 is 10.1 Å². The van der Waals surface area contributed by atoms with Gasteiger partial charge in [0.15, 0.2) is 0 Å². The minimum Gasteiger partial charge on any atom is -0.457 e. The van der Waals surface area contributed by atoms with Gasteiger partial charge in [-0.2, -0.15) is 0 Å². The fourth-order valence-electron chi connectivity index (χ4n) is 1.76. The van der Waals surface area contributed by atoms with Crippen LogP contribution in [0.3, 0.4) is 0 Å². The van der Waals surface area contributed by atoms with Crippen LogP contribution in [0.25, 0.3) is 0 Å². The third-order valence-corrected chi connectivity index (χ3v) is 2.88. The van der Waals surface area contributed by atoms with Crippen LogP contribution in [0.4, 0.5) is 5.69 Å². The van der Waals surface area contributed by atoms with E-state index in [1.54, 1.807) is 30.3 Å². The van der Waals surface area contributed by atoms with Gasteiger partial charge < -0.3 is 10.1 Å². The van der Waals surface area contributed by atoms with Gasteiger partial charge in [-0.05, 0) is 31.3 Å². The van der Waals surface area contributed by atoms with Crippen molar-refractivity contribution in [2.24, 2.45) is 0 Å². The van der Waals surface area contributed by atoms with E-state index in [4.69, 9.17) is 16.3 Å². The quantitative estimate of drug-likeness (QED) is 0.673. The number of hydrogen-bond acceptors (Lipinski definition) is 4. The van der Waals surface area contributed by atoms with E-state index in [0.717, 1.165) is 5.56 Å². The highest BCUT2D eigenvalue weighted by molar-refractivity contribution is 6.30. The third-order valence-electron chi connectivity index (χ3n) is 2.65. The van der Waals surface area contributed by atoms with Gasteiger partial charge in [0.05, 0.1) is 11.0 Å². The first-order valence-corrected chi connectivity index (χ1v) is 6.33. The van der Waals surface area contributed by atoms with E-state index in [0.29, 0.717) is 23.1 Å². The van der Waals surface area contributed by atoms with Crippen LogP contribution in [0.5, 0.6) is 11.5 Å². The van der Waals surface area contributed by atoms with Crippen molar-refractivity contribution in [3.63, 3.8) is 0 Å². The van der Waals surface area contributed by atoms with Crippen LogP contribution >= 0.6 is 11.6 Å². The molecular formula is C14H13ClN2O3. The lowest BCUT2D eigenvalue weighted by Crippen LogP contribution is -2.06. The molecule has 0 saturated carbocycles. The number of non-ortho nitro benzene ring substituents is 1. The Morgan fingerprint density at radius 3 is 2.80 bits per heavy atom. The van der Waals surface area contributed by atoms with Crippen LogP contribution in [0.15, 0.2) is 42.5 Å². The van der Waals surface area contributed by atoms with Crippen LogP contribution in [0.1, 0.15) is 5.56 Å². The normalized spacial score (nSPS) is 10.3. The lowest BCUT2D eigenvalue weighted by atomic mass is 10.2. The van der Waals surface area contributed by atoms with Gasteiger partial charge in [0, 0.05) is 23.2 Å². The molecule has 0 amide bonds. The van der Waals surface area contributed by atoms with Crippen LogP contribution in [-0.2, 0) is 6.54 Å². The lowest BCUT2D eigenvalue weighted by molar-refractivity contribution is -0.384. The molecule has 2 aromatic rings. The molecule has 0 saturated heterocycles. The number of rotatable bonds is 5. The summed E-state index contributed by atoms with van der Waals surface area (Å²) in [5.41, 5.74) is 0.873. The number of ether oxygens (including phenoxy) is 1. The molecule has 6 heteroatoms. The van der Waals surface area contributed by atoms with Crippen molar-refractivity contribution in [2.75, 3.05) is 7.05 Å². The second-order valence-electron chi connectivity index (χ2n) is 4.14. The van der Waals surface area contributed by atoms with Crippen molar-refractivity contribution < 1.29 is 9.66 Å². The molecule has 2 rings (SSSR count). The molecule has 104 valence electrons. The maximum atomic E-state index is 10.7. The minimum atomic E-state index is -0.455. The molecular weight excluding hydrogens is 280 g/mol. The Labute approximate surface area is 121 Å². The highest BCUT2D eigenvalue weighted by Gasteiger charge is 2.09. The summed E-state index contributed by atoms with van der Waals surface area (Å²) in [5, 5.41) is 14.4. The Balaban J connectivity index is 2.29. The van der Waals surface area contributed by atoms with Gasteiger partial charge in [0.25, 0.3) is 5.69 Å². The van der Waals surface area contributed by atoms with E-state index in [1.807, 2.05) is 7.05 Å². The summed E-state index contributed by atoms with van der Waals surface area (Å²) in [7, 11) is 1.82. The number of nitrogens with zero attached hydrogens (tertiary/aromatic N) is 1. The van der Waals surface area contributed by atoms with Gasteiger partial charge in [-0.3, -0.25) is 10.1 Å². The summed E-state index contributed by atoms with van der Waals surface area (Å²) in [4.78, 5) is 10.3. The molecule has 0 fully saturated rings. The van der Waals surface area contributed by atoms with Gasteiger partial charge in [-0.25, -0.2) is 0 Å². The molecule has 2 aromatic carbocycles. The molecule has 0 atom stereocenters. The second-order valence-corrected chi connectivity index (χ2v) is 4.58. The zero-order valence-electron chi connectivity index (χ0n) is 10.8. The van der Waals surface area contributed by atoms with E-state index in [1.165, 1.54) is 12.1 Å². The van der Waals surface area contributed by atoms with Gasteiger partial charge in [-0.15, -0.1) is 0 Å². The molecule has 5 nitrogen and oxygen atoms in total. The van der Waals surface area contributed by atoms with Crippen molar-refractivity contribution in [2.45, 2.75) is 6.54 Å². The van der Waals surface area contributed by atoms with Gasteiger partial charge >= 0.3 is 0 Å². The maximum absolute atomic E-state index is 10.7. The molecule has 0 unspecified atom stereocenters. The molecule has 1 N–H and O–H groups in total. The Kier molecular flexibility index (Phi) is 4.55. The predicted octanol–water partition coefficient (Wildman–Crippen LogP) is 3.76. The summed E-state index contributed by atoms with van der Waals surface area (Å²) >= 11 is 5.95. The third kappa shape index (κ3) is 3.46. The van der Waals surface area contributed by atoms with E-state index in [2.05, 4.69) is 5.32 Å². The highest BCUT2D eigenvalue weighted by atomic mass is 35.5. The number of nitrogens with one attached hydrogen (secondary N) is 1. The molecule has 0 heterocycles. The fourth-order valence-corrected chi connectivity index (χ4v) is 1.96. The molecule has 0 aliphatic carbocycles. The first-order valence-electron chi connectivity index (χ1n) is 5.95. The highest BCUT2D eigenvalue weighted by Crippen LogP contribution is 2.29. The number of benzene rings is 2. The molecule has 0 aliphatic rings. The van der Waals surface area contributed by atoms with Crippen molar-refractivity contribution in [1.82, 2.24) is 5.32 Å². The summed E-state index contributed by atoms with van der Waals surface area (Å²) in [6.45, 7) is 0.588. The Morgan fingerprint density at radius 1 is 1.30 bits per heavy atom.